The summed E-state index contributed by atoms with van der Waals surface area (Å²) in [5.74, 6) is 1.15. The van der Waals surface area contributed by atoms with E-state index in [9.17, 15) is 0 Å². The highest BCUT2D eigenvalue weighted by atomic mass is 35.5. The highest BCUT2D eigenvalue weighted by molar-refractivity contribution is 8.01. The van der Waals surface area contributed by atoms with Gasteiger partial charge in [-0.3, -0.25) is 0 Å². The molecule has 4 heteroatoms. The van der Waals surface area contributed by atoms with E-state index in [4.69, 9.17) is 11.6 Å². The normalized spacial score (nSPS) is 10.4. The van der Waals surface area contributed by atoms with Crippen LogP contribution >= 0.6 is 34.7 Å². The van der Waals surface area contributed by atoms with Crippen LogP contribution in [-0.2, 0) is 0 Å². The van der Waals surface area contributed by atoms with E-state index >= 15 is 0 Å². The maximum Gasteiger partial charge on any atom is 0.151 e. The standard InChI is InChI=1S/C7H10ClNS2/c1-2-3-4-10-7-9-6(8)5-11-7/h5H,2-4H2,1H3. The molecule has 0 aliphatic heterocycles. The van der Waals surface area contributed by atoms with E-state index in [1.165, 1.54) is 12.8 Å². The lowest BCUT2D eigenvalue weighted by molar-refractivity contribution is 0.896. The fourth-order valence-electron chi connectivity index (χ4n) is 0.609. The Balaban J connectivity index is 2.27. The number of thioether (sulfide) groups is 1. The summed E-state index contributed by atoms with van der Waals surface area (Å²) in [5, 5.41) is 2.49. The van der Waals surface area contributed by atoms with Crippen LogP contribution in [0, 0.1) is 0 Å². The van der Waals surface area contributed by atoms with Crippen molar-refractivity contribution < 1.29 is 0 Å². The summed E-state index contributed by atoms with van der Waals surface area (Å²) in [6, 6.07) is 0. The minimum atomic E-state index is 0.619. The number of aromatic nitrogens is 1. The van der Waals surface area contributed by atoms with E-state index in [-0.39, 0.29) is 0 Å². The molecule has 0 saturated heterocycles. The van der Waals surface area contributed by atoms with Crippen molar-refractivity contribution in [2.24, 2.45) is 0 Å². The van der Waals surface area contributed by atoms with Crippen molar-refractivity contribution in [3.8, 4) is 0 Å². The molecule has 0 amide bonds. The third-order valence-corrected chi connectivity index (χ3v) is 3.61. The Bertz CT molecular complexity index is 212. The van der Waals surface area contributed by atoms with Gasteiger partial charge >= 0.3 is 0 Å². The molecule has 0 aliphatic rings. The van der Waals surface area contributed by atoms with Gasteiger partial charge in [0.2, 0.25) is 0 Å². The molecule has 62 valence electrons. The second-order valence-corrected chi connectivity index (χ2v) is 4.73. The van der Waals surface area contributed by atoms with Crippen molar-refractivity contribution in [2.45, 2.75) is 24.1 Å². The zero-order chi connectivity index (χ0) is 8.10. The molecule has 1 rings (SSSR count). The molecule has 0 unspecified atom stereocenters. The predicted molar refractivity (Wildman–Crippen MR) is 52.8 cm³/mol. The fraction of sp³-hybridized carbons (Fsp3) is 0.571. The van der Waals surface area contributed by atoms with Crippen molar-refractivity contribution in [2.75, 3.05) is 5.75 Å². The summed E-state index contributed by atoms with van der Waals surface area (Å²) in [5.41, 5.74) is 0. The Labute approximate surface area is 80.2 Å². The van der Waals surface area contributed by atoms with Gasteiger partial charge in [0.15, 0.2) is 4.34 Å². The quantitative estimate of drug-likeness (QED) is 0.552. The first-order valence-electron chi connectivity index (χ1n) is 3.56. The zero-order valence-electron chi connectivity index (χ0n) is 6.34. The van der Waals surface area contributed by atoms with E-state index in [1.807, 2.05) is 5.38 Å². The number of unbranched alkanes of at least 4 members (excludes halogenated alkanes) is 1. The molecule has 0 aliphatic carbocycles. The van der Waals surface area contributed by atoms with E-state index < -0.39 is 0 Å². The lowest BCUT2D eigenvalue weighted by Gasteiger charge is -1.92. The van der Waals surface area contributed by atoms with Gasteiger partial charge in [-0.25, -0.2) is 4.98 Å². The number of halogens is 1. The first-order chi connectivity index (χ1) is 5.33. The van der Waals surface area contributed by atoms with Crippen molar-refractivity contribution in [1.82, 2.24) is 4.98 Å². The summed E-state index contributed by atoms with van der Waals surface area (Å²) in [6.45, 7) is 2.19. The highest BCUT2D eigenvalue weighted by Gasteiger charge is 1.98. The Morgan fingerprint density at radius 2 is 2.55 bits per heavy atom. The van der Waals surface area contributed by atoms with E-state index in [2.05, 4.69) is 11.9 Å². The van der Waals surface area contributed by atoms with Crippen LogP contribution in [-0.4, -0.2) is 10.7 Å². The largest absolute Gasteiger partial charge is 0.218 e. The third kappa shape index (κ3) is 3.45. The monoisotopic (exact) mass is 207 g/mol. The molecule has 11 heavy (non-hydrogen) atoms. The second kappa shape index (κ2) is 5.01. The molecule has 0 radical (unpaired) electrons. The number of rotatable bonds is 4. The number of hydrogen-bond donors (Lipinski definition) is 0. The average molecular weight is 208 g/mol. The highest BCUT2D eigenvalue weighted by Crippen LogP contribution is 2.25. The van der Waals surface area contributed by atoms with Crippen LogP contribution in [0.1, 0.15) is 19.8 Å². The van der Waals surface area contributed by atoms with Gasteiger partial charge in [-0.05, 0) is 6.42 Å². The molecule has 0 spiro atoms. The van der Waals surface area contributed by atoms with Gasteiger partial charge in [0, 0.05) is 11.1 Å². The Morgan fingerprint density at radius 1 is 1.73 bits per heavy atom. The molecule has 0 saturated carbocycles. The number of thiazole rings is 1. The van der Waals surface area contributed by atoms with Crippen LogP contribution < -0.4 is 0 Å². The van der Waals surface area contributed by atoms with Crippen molar-refractivity contribution in [3.63, 3.8) is 0 Å². The minimum Gasteiger partial charge on any atom is -0.218 e. The fourth-order valence-corrected chi connectivity index (χ4v) is 2.77. The summed E-state index contributed by atoms with van der Waals surface area (Å²) >= 11 is 9.07. The molecule has 1 aromatic rings. The van der Waals surface area contributed by atoms with Gasteiger partial charge in [0.25, 0.3) is 0 Å². The van der Waals surface area contributed by atoms with Gasteiger partial charge < -0.3 is 0 Å². The maximum atomic E-state index is 5.66. The maximum absolute atomic E-state index is 5.66. The van der Waals surface area contributed by atoms with Crippen LogP contribution in [0.2, 0.25) is 5.15 Å². The molecule has 0 N–H and O–H groups in total. The van der Waals surface area contributed by atoms with Crippen LogP contribution in [0.5, 0.6) is 0 Å². The van der Waals surface area contributed by atoms with E-state index in [1.54, 1.807) is 23.1 Å². The summed E-state index contributed by atoms with van der Waals surface area (Å²) in [7, 11) is 0. The van der Waals surface area contributed by atoms with Crippen molar-refractivity contribution in [3.05, 3.63) is 10.5 Å². The van der Waals surface area contributed by atoms with E-state index in [0.717, 1.165) is 10.1 Å². The molecule has 0 atom stereocenters. The number of nitrogens with zero attached hydrogens (tertiary/aromatic N) is 1. The van der Waals surface area contributed by atoms with Crippen LogP contribution in [0.15, 0.2) is 9.72 Å². The molecule has 0 aromatic carbocycles. The minimum absolute atomic E-state index is 0.619. The summed E-state index contributed by atoms with van der Waals surface area (Å²) < 4.78 is 1.09. The summed E-state index contributed by atoms with van der Waals surface area (Å²) in [4.78, 5) is 4.13. The molecular formula is C7H10ClNS2. The van der Waals surface area contributed by atoms with Crippen molar-refractivity contribution in [1.29, 1.82) is 0 Å². The smallest absolute Gasteiger partial charge is 0.151 e. The third-order valence-electron chi connectivity index (χ3n) is 1.18. The first kappa shape index (κ1) is 9.36. The van der Waals surface area contributed by atoms with Gasteiger partial charge in [-0.2, -0.15) is 0 Å². The SMILES string of the molecule is CCCCSc1nc(Cl)cs1. The number of hydrogen-bond acceptors (Lipinski definition) is 3. The van der Waals surface area contributed by atoms with Gasteiger partial charge in [0.1, 0.15) is 5.15 Å². The zero-order valence-corrected chi connectivity index (χ0v) is 8.73. The van der Waals surface area contributed by atoms with E-state index in [0.29, 0.717) is 5.15 Å². The molecular weight excluding hydrogens is 198 g/mol. The molecule has 1 aromatic heterocycles. The van der Waals surface area contributed by atoms with Crippen molar-refractivity contribution >= 4 is 34.7 Å². The lowest BCUT2D eigenvalue weighted by atomic mass is 10.4. The Kier molecular flexibility index (Phi) is 4.26. The first-order valence-corrected chi connectivity index (χ1v) is 5.81. The molecule has 0 fully saturated rings. The van der Waals surface area contributed by atoms with Gasteiger partial charge in [0.05, 0.1) is 0 Å². The predicted octanol–water partition coefficient (Wildman–Crippen LogP) is 3.69. The Morgan fingerprint density at radius 3 is 3.09 bits per heavy atom. The average Bonchev–Trinajstić information content (AvgIpc) is 2.37. The lowest BCUT2D eigenvalue weighted by Crippen LogP contribution is -1.76. The second-order valence-electron chi connectivity index (χ2n) is 2.14. The molecule has 1 heterocycles. The molecule has 1 nitrogen and oxygen atoms in total. The molecule has 0 bridgehead atoms. The van der Waals surface area contributed by atoms with Gasteiger partial charge in [-0.15, -0.1) is 11.3 Å². The van der Waals surface area contributed by atoms with Crippen LogP contribution in [0.25, 0.3) is 0 Å². The Hall–Kier alpha value is 0.270. The van der Waals surface area contributed by atoms with Gasteiger partial charge in [-0.1, -0.05) is 36.7 Å². The van der Waals surface area contributed by atoms with Crippen LogP contribution in [0.4, 0.5) is 0 Å². The topological polar surface area (TPSA) is 12.9 Å². The summed E-state index contributed by atoms with van der Waals surface area (Å²) in [6.07, 6.45) is 2.49. The van der Waals surface area contributed by atoms with Crippen LogP contribution in [0.3, 0.4) is 0 Å².